The van der Waals surface area contributed by atoms with Gasteiger partial charge in [0.15, 0.2) is 0 Å². The number of hydrogen-bond acceptors (Lipinski definition) is 5. The first kappa shape index (κ1) is 14.5. The van der Waals surface area contributed by atoms with Gasteiger partial charge in [-0.2, -0.15) is 5.10 Å². The predicted octanol–water partition coefficient (Wildman–Crippen LogP) is 2.94. The van der Waals surface area contributed by atoms with Crippen LogP contribution < -0.4 is 5.32 Å². The number of nitro benzene ring substituents is 1. The van der Waals surface area contributed by atoms with Crippen LogP contribution in [0.15, 0.2) is 35.1 Å². The molecule has 0 radical (unpaired) electrons. The van der Waals surface area contributed by atoms with Crippen molar-refractivity contribution >= 4 is 33.0 Å². The van der Waals surface area contributed by atoms with Gasteiger partial charge in [-0.3, -0.25) is 14.8 Å². The van der Waals surface area contributed by atoms with Gasteiger partial charge in [-0.25, -0.2) is 0 Å². The van der Waals surface area contributed by atoms with Crippen LogP contribution in [0.3, 0.4) is 0 Å². The summed E-state index contributed by atoms with van der Waals surface area (Å²) in [6.45, 7) is 1.18. The molecule has 0 aliphatic heterocycles. The second kappa shape index (κ2) is 6.49. The zero-order valence-electron chi connectivity index (χ0n) is 10.7. The van der Waals surface area contributed by atoms with Gasteiger partial charge in [0.2, 0.25) is 0 Å². The molecule has 0 spiro atoms. The maximum Gasteiger partial charge on any atom is 0.292 e. The quantitative estimate of drug-likeness (QED) is 0.645. The van der Waals surface area contributed by atoms with Gasteiger partial charge in [-0.05, 0) is 12.1 Å². The van der Waals surface area contributed by atoms with Crippen molar-refractivity contribution in [2.45, 2.75) is 6.54 Å². The Hall–Kier alpha value is -1.93. The molecule has 0 saturated carbocycles. The van der Waals surface area contributed by atoms with E-state index in [1.807, 2.05) is 0 Å². The minimum Gasteiger partial charge on any atom is -0.383 e. The SMILES string of the molecule is COCCn1cc(Nc2cc(Br)ccc2[N+](=O)[O-])cn1. The van der Waals surface area contributed by atoms with Crippen LogP contribution in [0.1, 0.15) is 0 Å². The minimum atomic E-state index is -0.426. The standard InChI is InChI=1S/C12H13BrN4O3/c1-20-5-4-16-8-10(7-14-16)15-11-6-9(13)2-3-12(11)17(18)19/h2-3,6-8,15H,4-5H2,1H3. The molecular weight excluding hydrogens is 328 g/mol. The summed E-state index contributed by atoms with van der Waals surface area (Å²) in [7, 11) is 1.62. The van der Waals surface area contributed by atoms with Crippen LogP contribution in [0.4, 0.5) is 17.1 Å². The molecule has 1 N–H and O–H groups in total. The van der Waals surface area contributed by atoms with Gasteiger partial charge in [0.1, 0.15) is 5.69 Å². The molecule has 0 atom stereocenters. The summed E-state index contributed by atoms with van der Waals surface area (Å²) in [5.41, 5.74) is 1.11. The van der Waals surface area contributed by atoms with Crippen molar-refractivity contribution in [2.24, 2.45) is 0 Å². The number of methoxy groups -OCH3 is 1. The number of nitro groups is 1. The van der Waals surface area contributed by atoms with E-state index in [1.165, 1.54) is 6.07 Å². The highest BCUT2D eigenvalue weighted by molar-refractivity contribution is 9.10. The third-order valence-electron chi connectivity index (χ3n) is 2.59. The summed E-state index contributed by atoms with van der Waals surface area (Å²) >= 11 is 3.30. The number of rotatable bonds is 6. The summed E-state index contributed by atoms with van der Waals surface area (Å²) in [5.74, 6) is 0. The molecule has 0 fully saturated rings. The smallest absolute Gasteiger partial charge is 0.292 e. The van der Waals surface area contributed by atoms with Crippen LogP contribution in [-0.2, 0) is 11.3 Å². The first-order chi connectivity index (χ1) is 9.60. The average Bonchev–Trinajstić information content (AvgIpc) is 2.83. The Morgan fingerprint density at radius 3 is 3.05 bits per heavy atom. The van der Waals surface area contributed by atoms with Crippen molar-refractivity contribution in [1.82, 2.24) is 9.78 Å². The van der Waals surface area contributed by atoms with Crippen LogP contribution in [0.5, 0.6) is 0 Å². The van der Waals surface area contributed by atoms with Gasteiger partial charge in [-0.1, -0.05) is 15.9 Å². The van der Waals surface area contributed by atoms with Crippen molar-refractivity contribution in [1.29, 1.82) is 0 Å². The number of nitrogens with one attached hydrogen (secondary N) is 1. The summed E-state index contributed by atoms with van der Waals surface area (Å²) in [4.78, 5) is 10.6. The van der Waals surface area contributed by atoms with Crippen molar-refractivity contribution < 1.29 is 9.66 Å². The maximum atomic E-state index is 11.0. The molecule has 2 rings (SSSR count). The number of aromatic nitrogens is 2. The lowest BCUT2D eigenvalue weighted by molar-refractivity contribution is -0.383. The van der Waals surface area contributed by atoms with Crippen LogP contribution in [0.25, 0.3) is 0 Å². The Bertz CT molecular complexity index is 614. The van der Waals surface area contributed by atoms with Gasteiger partial charge >= 0.3 is 0 Å². The first-order valence-corrected chi connectivity index (χ1v) is 6.62. The molecule has 0 amide bonds. The summed E-state index contributed by atoms with van der Waals surface area (Å²) in [6, 6.07) is 4.73. The van der Waals surface area contributed by atoms with Gasteiger partial charge in [0.05, 0.1) is 30.0 Å². The summed E-state index contributed by atoms with van der Waals surface area (Å²) < 4.78 is 7.43. The van der Waals surface area contributed by atoms with Crippen molar-refractivity contribution in [3.8, 4) is 0 Å². The second-order valence-corrected chi connectivity index (χ2v) is 4.94. The molecule has 0 unspecified atom stereocenters. The molecule has 8 heteroatoms. The third kappa shape index (κ3) is 3.55. The number of ether oxygens (including phenoxy) is 1. The largest absolute Gasteiger partial charge is 0.383 e. The van der Waals surface area contributed by atoms with E-state index in [0.29, 0.717) is 24.5 Å². The fourth-order valence-corrected chi connectivity index (χ4v) is 2.02. The lowest BCUT2D eigenvalue weighted by Crippen LogP contribution is -2.04. The zero-order chi connectivity index (χ0) is 14.5. The van der Waals surface area contributed by atoms with E-state index < -0.39 is 4.92 Å². The van der Waals surface area contributed by atoms with E-state index in [2.05, 4.69) is 26.3 Å². The molecule has 0 aliphatic carbocycles. The van der Waals surface area contributed by atoms with Gasteiger partial charge in [0, 0.05) is 23.8 Å². The van der Waals surface area contributed by atoms with Gasteiger partial charge in [-0.15, -0.1) is 0 Å². The lowest BCUT2D eigenvalue weighted by Gasteiger charge is -2.05. The molecule has 0 aliphatic rings. The Balaban J connectivity index is 2.19. The fraction of sp³-hybridized carbons (Fsp3) is 0.250. The molecule has 0 saturated heterocycles. The number of halogens is 1. The molecule has 1 heterocycles. The highest BCUT2D eigenvalue weighted by atomic mass is 79.9. The minimum absolute atomic E-state index is 0.0119. The van der Waals surface area contributed by atoms with Crippen molar-refractivity contribution in [3.05, 3.63) is 45.2 Å². The van der Waals surface area contributed by atoms with Crippen molar-refractivity contribution in [3.63, 3.8) is 0 Å². The first-order valence-electron chi connectivity index (χ1n) is 5.82. The topological polar surface area (TPSA) is 82.2 Å². The summed E-state index contributed by atoms with van der Waals surface area (Å²) in [6.07, 6.45) is 3.38. The van der Waals surface area contributed by atoms with E-state index in [4.69, 9.17) is 4.74 Å². The van der Waals surface area contributed by atoms with Crippen LogP contribution in [-0.4, -0.2) is 28.4 Å². The Labute approximate surface area is 123 Å². The molecule has 106 valence electrons. The van der Waals surface area contributed by atoms with Crippen molar-refractivity contribution in [2.75, 3.05) is 19.0 Å². The highest BCUT2D eigenvalue weighted by Gasteiger charge is 2.14. The van der Waals surface area contributed by atoms with Crippen LogP contribution in [0, 0.1) is 10.1 Å². The molecule has 20 heavy (non-hydrogen) atoms. The molecule has 2 aromatic rings. The normalized spacial score (nSPS) is 10.5. The molecular formula is C12H13BrN4O3. The van der Waals surface area contributed by atoms with Crippen LogP contribution in [0.2, 0.25) is 0 Å². The van der Waals surface area contributed by atoms with Gasteiger partial charge in [0.25, 0.3) is 5.69 Å². The summed E-state index contributed by atoms with van der Waals surface area (Å²) in [5, 5.41) is 18.1. The molecule has 1 aromatic heterocycles. The van der Waals surface area contributed by atoms with E-state index in [1.54, 1.807) is 36.3 Å². The number of benzene rings is 1. The maximum absolute atomic E-state index is 11.0. The van der Waals surface area contributed by atoms with E-state index in [-0.39, 0.29) is 5.69 Å². The van der Waals surface area contributed by atoms with Gasteiger partial charge < -0.3 is 10.1 Å². The molecule has 7 nitrogen and oxygen atoms in total. The van der Waals surface area contributed by atoms with E-state index in [9.17, 15) is 10.1 Å². The number of hydrogen-bond donors (Lipinski definition) is 1. The molecule has 0 bridgehead atoms. The highest BCUT2D eigenvalue weighted by Crippen LogP contribution is 2.30. The van der Waals surface area contributed by atoms with E-state index >= 15 is 0 Å². The van der Waals surface area contributed by atoms with Crippen LogP contribution >= 0.6 is 15.9 Å². The Morgan fingerprint density at radius 2 is 2.35 bits per heavy atom. The van der Waals surface area contributed by atoms with E-state index in [0.717, 1.165) is 4.47 Å². The Morgan fingerprint density at radius 1 is 1.55 bits per heavy atom. The Kier molecular flexibility index (Phi) is 4.70. The molecule has 1 aromatic carbocycles. The zero-order valence-corrected chi connectivity index (χ0v) is 12.3. The lowest BCUT2D eigenvalue weighted by atomic mass is 10.2. The number of nitrogens with zero attached hydrogens (tertiary/aromatic N) is 3. The third-order valence-corrected chi connectivity index (χ3v) is 3.09. The predicted molar refractivity (Wildman–Crippen MR) is 78.2 cm³/mol. The average molecular weight is 341 g/mol. The monoisotopic (exact) mass is 340 g/mol. The number of anilines is 2. The fourth-order valence-electron chi connectivity index (χ4n) is 1.66. The second-order valence-electron chi connectivity index (χ2n) is 4.03.